The number of nitrogens with zero attached hydrogens (tertiary/aromatic N) is 4. The van der Waals surface area contributed by atoms with Crippen LogP contribution in [0.1, 0.15) is 22.3 Å². The van der Waals surface area contributed by atoms with Gasteiger partial charge in [0.25, 0.3) is 0 Å². The number of hydrogen-bond acceptors (Lipinski definition) is 6. The molecule has 7 heteroatoms. The van der Waals surface area contributed by atoms with Gasteiger partial charge in [-0.3, -0.25) is 11.3 Å². The number of thiophene rings is 1. The molecule has 86 valence electrons. The maximum absolute atomic E-state index is 5.56. The molecule has 16 heavy (non-hydrogen) atoms. The van der Waals surface area contributed by atoms with Gasteiger partial charge in [0.1, 0.15) is 0 Å². The lowest BCUT2D eigenvalue weighted by Crippen LogP contribution is -2.29. The van der Waals surface area contributed by atoms with E-state index in [1.807, 2.05) is 0 Å². The van der Waals surface area contributed by atoms with E-state index in [9.17, 15) is 0 Å². The Morgan fingerprint density at radius 3 is 2.94 bits per heavy atom. The van der Waals surface area contributed by atoms with Crippen molar-refractivity contribution < 1.29 is 0 Å². The van der Waals surface area contributed by atoms with Crippen molar-refractivity contribution in [2.24, 2.45) is 12.9 Å². The summed E-state index contributed by atoms with van der Waals surface area (Å²) in [6, 6.07) is 2.12. The van der Waals surface area contributed by atoms with E-state index in [1.165, 1.54) is 15.2 Å². The Bertz CT molecular complexity index is 462. The van der Waals surface area contributed by atoms with Gasteiger partial charge in [-0.2, -0.15) is 4.80 Å². The van der Waals surface area contributed by atoms with Crippen LogP contribution >= 0.6 is 11.3 Å². The zero-order chi connectivity index (χ0) is 11.5. The summed E-state index contributed by atoms with van der Waals surface area (Å²) in [6.45, 7) is 2.07. The van der Waals surface area contributed by atoms with Crippen molar-refractivity contribution in [3.63, 3.8) is 0 Å². The first-order chi connectivity index (χ1) is 7.70. The summed E-state index contributed by atoms with van der Waals surface area (Å²) in [5, 5.41) is 13.9. The molecule has 2 heterocycles. The molecule has 1 unspecified atom stereocenters. The van der Waals surface area contributed by atoms with Gasteiger partial charge in [-0.1, -0.05) is 0 Å². The van der Waals surface area contributed by atoms with E-state index in [0.717, 1.165) is 0 Å². The SMILES string of the molecule is Cc1ccsc1C(Cc1nnn(C)n1)NN. The van der Waals surface area contributed by atoms with Crippen molar-refractivity contribution in [2.75, 3.05) is 0 Å². The van der Waals surface area contributed by atoms with Crippen molar-refractivity contribution in [1.29, 1.82) is 0 Å². The summed E-state index contributed by atoms with van der Waals surface area (Å²) in [5.74, 6) is 6.25. The molecule has 0 aliphatic heterocycles. The summed E-state index contributed by atoms with van der Waals surface area (Å²) in [4.78, 5) is 2.67. The van der Waals surface area contributed by atoms with Crippen molar-refractivity contribution >= 4 is 11.3 Å². The van der Waals surface area contributed by atoms with Gasteiger partial charge in [-0.05, 0) is 29.1 Å². The Morgan fingerprint density at radius 2 is 2.44 bits per heavy atom. The van der Waals surface area contributed by atoms with Crippen LogP contribution in [0, 0.1) is 6.92 Å². The van der Waals surface area contributed by atoms with Crippen LogP contribution in [-0.4, -0.2) is 20.2 Å². The van der Waals surface area contributed by atoms with E-state index in [1.54, 1.807) is 18.4 Å². The molecule has 0 saturated carbocycles. The molecule has 0 spiro atoms. The lowest BCUT2D eigenvalue weighted by atomic mass is 10.1. The minimum absolute atomic E-state index is 0.0456. The number of nitrogens with one attached hydrogen (secondary N) is 1. The number of tetrazole rings is 1. The highest BCUT2D eigenvalue weighted by atomic mass is 32.1. The van der Waals surface area contributed by atoms with Crippen LogP contribution in [0.4, 0.5) is 0 Å². The second-order valence-corrected chi connectivity index (χ2v) is 4.53. The molecule has 1 atom stereocenters. The molecule has 0 radical (unpaired) electrons. The highest BCUT2D eigenvalue weighted by Gasteiger charge is 2.16. The fourth-order valence-corrected chi connectivity index (χ4v) is 2.54. The van der Waals surface area contributed by atoms with Gasteiger partial charge in [0, 0.05) is 11.3 Å². The topological polar surface area (TPSA) is 81.7 Å². The highest BCUT2D eigenvalue weighted by Crippen LogP contribution is 2.25. The molecule has 0 saturated heterocycles. The molecule has 0 amide bonds. The van der Waals surface area contributed by atoms with E-state index in [4.69, 9.17) is 5.84 Å². The smallest absolute Gasteiger partial charge is 0.176 e. The Kier molecular flexibility index (Phi) is 3.28. The third-order valence-corrected chi connectivity index (χ3v) is 3.49. The van der Waals surface area contributed by atoms with Crippen molar-refractivity contribution in [2.45, 2.75) is 19.4 Å². The summed E-state index contributed by atoms with van der Waals surface area (Å²) in [6.07, 6.45) is 0.645. The van der Waals surface area contributed by atoms with Crippen LogP contribution in [0.5, 0.6) is 0 Å². The number of nitrogens with two attached hydrogens (primary N) is 1. The average molecular weight is 238 g/mol. The van der Waals surface area contributed by atoms with Gasteiger partial charge in [-0.15, -0.1) is 21.5 Å². The lowest BCUT2D eigenvalue weighted by Gasteiger charge is -2.13. The lowest BCUT2D eigenvalue weighted by molar-refractivity contribution is 0.542. The molecule has 0 fully saturated rings. The molecular weight excluding hydrogens is 224 g/mol. The fourth-order valence-electron chi connectivity index (χ4n) is 1.56. The largest absolute Gasteiger partial charge is 0.271 e. The van der Waals surface area contributed by atoms with Crippen molar-refractivity contribution in [3.8, 4) is 0 Å². The first-order valence-corrected chi connectivity index (χ1v) is 5.81. The predicted octanol–water partition coefficient (Wildman–Crippen LogP) is 0.327. The van der Waals surface area contributed by atoms with E-state index in [-0.39, 0.29) is 6.04 Å². The Balaban J connectivity index is 2.15. The normalized spacial score (nSPS) is 12.9. The van der Waals surface area contributed by atoms with Gasteiger partial charge in [0.05, 0.1) is 13.1 Å². The molecule has 0 aliphatic carbocycles. The number of aryl methyl sites for hydroxylation is 2. The highest BCUT2D eigenvalue weighted by molar-refractivity contribution is 7.10. The van der Waals surface area contributed by atoms with E-state index >= 15 is 0 Å². The van der Waals surface area contributed by atoms with Crippen LogP contribution in [0.15, 0.2) is 11.4 Å². The van der Waals surface area contributed by atoms with Crippen LogP contribution in [0.3, 0.4) is 0 Å². The number of rotatable bonds is 4. The van der Waals surface area contributed by atoms with Crippen LogP contribution in [0.2, 0.25) is 0 Å². The molecule has 0 aliphatic rings. The summed E-state index contributed by atoms with van der Waals surface area (Å²) >= 11 is 1.68. The zero-order valence-corrected chi connectivity index (χ0v) is 10.0. The van der Waals surface area contributed by atoms with Crippen LogP contribution < -0.4 is 11.3 Å². The zero-order valence-electron chi connectivity index (χ0n) is 9.21. The molecular formula is C9H14N6S. The van der Waals surface area contributed by atoms with E-state index in [2.05, 4.69) is 39.2 Å². The second kappa shape index (κ2) is 4.69. The molecule has 0 bridgehead atoms. The molecule has 2 rings (SSSR count). The first-order valence-electron chi connectivity index (χ1n) is 4.93. The molecule has 6 nitrogen and oxygen atoms in total. The Hall–Kier alpha value is -1.31. The maximum atomic E-state index is 5.56. The maximum Gasteiger partial charge on any atom is 0.176 e. The van der Waals surface area contributed by atoms with E-state index < -0.39 is 0 Å². The van der Waals surface area contributed by atoms with Crippen molar-refractivity contribution in [3.05, 3.63) is 27.7 Å². The van der Waals surface area contributed by atoms with Gasteiger partial charge < -0.3 is 0 Å². The molecule has 3 N–H and O–H groups in total. The summed E-state index contributed by atoms with van der Waals surface area (Å²) < 4.78 is 0. The first kappa shape index (κ1) is 11.2. The molecule has 0 aromatic carbocycles. The van der Waals surface area contributed by atoms with Gasteiger partial charge in [-0.25, -0.2) is 0 Å². The van der Waals surface area contributed by atoms with Crippen molar-refractivity contribution in [1.82, 2.24) is 25.6 Å². The Morgan fingerprint density at radius 1 is 1.62 bits per heavy atom. The van der Waals surface area contributed by atoms with Crippen LogP contribution in [-0.2, 0) is 13.5 Å². The number of hydrazine groups is 1. The minimum atomic E-state index is 0.0456. The molecule has 2 aromatic heterocycles. The monoisotopic (exact) mass is 238 g/mol. The average Bonchev–Trinajstić information content (AvgIpc) is 2.84. The summed E-state index contributed by atoms with van der Waals surface area (Å²) in [7, 11) is 1.75. The quantitative estimate of drug-likeness (QED) is 0.592. The third kappa shape index (κ3) is 2.26. The predicted molar refractivity (Wildman–Crippen MR) is 61.6 cm³/mol. The summed E-state index contributed by atoms with van der Waals surface area (Å²) in [5.41, 5.74) is 4.03. The number of hydrogen-bond donors (Lipinski definition) is 2. The minimum Gasteiger partial charge on any atom is -0.271 e. The van der Waals surface area contributed by atoms with Crippen LogP contribution in [0.25, 0.3) is 0 Å². The fraction of sp³-hybridized carbons (Fsp3) is 0.444. The van der Waals surface area contributed by atoms with E-state index in [0.29, 0.717) is 12.2 Å². The van der Waals surface area contributed by atoms with Gasteiger partial charge >= 0.3 is 0 Å². The Labute approximate surface area is 97.4 Å². The molecule has 2 aromatic rings. The number of aromatic nitrogens is 4. The standard InChI is InChI=1S/C9H14N6S/c1-6-3-4-16-9(6)7(11-10)5-8-12-14-15(2)13-8/h3-4,7,11H,5,10H2,1-2H3. The van der Waals surface area contributed by atoms with Gasteiger partial charge in [0.2, 0.25) is 0 Å². The van der Waals surface area contributed by atoms with Gasteiger partial charge in [0.15, 0.2) is 5.82 Å². The second-order valence-electron chi connectivity index (χ2n) is 3.59. The third-order valence-electron chi connectivity index (χ3n) is 2.36.